The highest BCUT2D eigenvalue weighted by atomic mass is 127. The SMILES string of the molecule is CCOC(c1noc(-c2cc(I)ccc2O)n1)C(C)C. The van der Waals surface area contributed by atoms with Crippen molar-refractivity contribution in [2.45, 2.75) is 26.9 Å². The number of hydrogen-bond donors (Lipinski definition) is 1. The quantitative estimate of drug-likeness (QED) is 0.790. The Kier molecular flexibility index (Phi) is 4.98. The van der Waals surface area contributed by atoms with Gasteiger partial charge in [0, 0.05) is 10.2 Å². The summed E-state index contributed by atoms with van der Waals surface area (Å²) in [6, 6.07) is 5.23. The van der Waals surface area contributed by atoms with Gasteiger partial charge in [-0.1, -0.05) is 19.0 Å². The van der Waals surface area contributed by atoms with E-state index in [0.717, 1.165) is 3.57 Å². The molecule has 0 aliphatic heterocycles. The summed E-state index contributed by atoms with van der Waals surface area (Å²) in [5, 5.41) is 13.9. The van der Waals surface area contributed by atoms with Gasteiger partial charge in [0.25, 0.3) is 5.89 Å². The number of ether oxygens (including phenoxy) is 1. The highest BCUT2D eigenvalue weighted by molar-refractivity contribution is 14.1. The lowest BCUT2D eigenvalue weighted by atomic mass is 10.1. The minimum atomic E-state index is -0.206. The Balaban J connectivity index is 2.34. The van der Waals surface area contributed by atoms with Crippen LogP contribution in [0.5, 0.6) is 5.75 Å². The van der Waals surface area contributed by atoms with Crippen LogP contribution in [0.2, 0.25) is 0 Å². The maximum absolute atomic E-state index is 9.89. The molecule has 0 amide bonds. The van der Waals surface area contributed by atoms with E-state index in [0.29, 0.717) is 23.9 Å². The molecule has 6 heteroatoms. The number of aromatic hydroxyl groups is 1. The molecule has 0 aliphatic rings. The molecule has 1 aromatic carbocycles. The lowest BCUT2D eigenvalue weighted by Gasteiger charge is -2.16. The third-order valence-corrected chi connectivity index (χ3v) is 3.51. The number of halogens is 1. The number of phenols is 1. The molecule has 1 atom stereocenters. The Morgan fingerprint density at radius 2 is 2.15 bits per heavy atom. The average molecular weight is 388 g/mol. The predicted octanol–water partition coefficient (Wildman–Crippen LogP) is 3.78. The predicted molar refractivity (Wildman–Crippen MR) is 83.3 cm³/mol. The number of nitrogens with zero attached hydrogens (tertiary/aromatic N) is 2. The smallest absolute Gasteiger partial charge is 0.261 e. The summed E-state index contributed by atoms with van der Waals surface area (Å²) in [6.45, 7) is 6.60. The zero-order valence-corrected chi connectivity index (χ0v) is 13.8. The first kappa shape index (κ1) is 15.2. The lowest BCUT2D eigenvalue weighted by molar-refractivity contribution is 0.0217. The largest absolute Gasteiger partial charge is 0.507 e. The molecule has 0 spiro atoms. The minimum Gasteiger partial charge on any atom is -0.507 e. The Labute approximate surface area is 131 Å². The second kappa shape index (κ2) is 6.53. The second-order valence-corrected chi connectivity index (χ2v) is 5.98. The molecule has 0 saturated carbocycles. The Bertz CT molecular complexity index is 584. The van der Waals surface area contributed by atoms with Gasteiger partial charge in [0.1, 0.15) is 11.9 Å². The van der Waals surface area contributed by atoms with Crippen molar-refractivity contribution in [1.29, 1.82) is 0 Å². The summed E-state index contributed by atoms with van der Waals surface area (Å²) < 4.78 is 11.9. The number of benzene rings is 1. The Hall–Kier alpha value is -1.15. The van der Waals surface area contributed by atoms with E-state index in [1.807, 2.05) is 26.8 Å². The third kappa shape index (κ3) is 3.29. The van der Waals surface area contributed by atoms with E-state index in [4.69, 9.17) is 9.26 Å². The van der Waals surface area contributed by atoms with Gasteiger partial charge in [0.15, 0.2) is 0 Å². The van der Waals surface area contributed by atoms with Crippen LogP contribution in [0.15, 0.2) is 22.7 Å². The molecule has 5 nitrogen and oxygen atoms in total. The summed E-state index contributed by atoms with van der Waals surface area (Å²) >= 11 is 2.17. The van der Waals surface area contributed by atoms with Crippen LogP contribution in [0.25, 0.3) is 11.5 Å². The first-order valence-electron chi connectivity index (χ1n) is 6.47. The molecule has 0 radical (unpaired) electrons. The van der Waals surface area contributed by atoms with Gasteiger partial charge in [-0.15, -0.1) is 0 Å². The maximum atomic E-state index is 9.89. The van der Waals surface area contributed by atoms with Crippen LogP contribution in [-0.4, -0.2) is 21.9 Å². The zero-order chi connectivity index (χ0) is 14.7. The summed E-state index contributed by atoms with van der Waals surface area (Å²) in [5.41, 5.74) is 0.537. The highest BCUT2D eigenvalue weighted by Gasteiger charge is 2.23. The van der Waals surface area contributed by atoms with Gasteiger partial charge in [0.05, 0.1) is 5.56 Å². The van der Waals surface area contributed by atoms with E-state index in [2.05, 4.69) is 32.7 Å². The first-order chi connectivity index (χ1) is 9.52. The van der Waals surface area contributed by atoms with Crippen LogP contribution in [0.4, 0.5) is 0 Å². The zero-order valence-electron chi connectivity index (χ0n) is 11.6. The summed E-state index contributed by atoms with van der Waals surface area (Å²) in [6.07, 6.45) is -0.206. The van der Waals surface area contributed by atoms with Crippen molar-refractivity contribution in [3.63, 3.8) is 0 Å². The molecule has 2 rings (SSSR count). The summed E-state index contributed by atoms with van der Waals surface area (Å²) in [5.74, 6) is 1.18. The normalized spacial score (nSPS) is 12.8. The monoisotopic (exact) mass is 388 g/mol. The van der Waals surface area contributed by atoms with Gasteiger partial charge < -0.3 is 14.4 Å². The van der Waals surface area contributed by atoms with Crippen LogP contribution in [0.3, 0.4) is 0 Å². The molecule has 20 heavy (non-hydrogen) atoms. The van der Waals surface area contributed by atoms with Gasteiger partial charge in [-0.3, -0.25) is 0 Å². The van der Waals surface area contributed by atoms with Crippen LogP contribution < -0.4 is 0 Å². The van der Waals surface area contributed by atoms with E-state index in [1.54, 1.807) is 12.1 Å². The summed E-state index contributed by atoms with van der Waals surface area (Å²) in [7, 11) is 0. The van der Waals surface area contributed by atoms with Crippen LogP contribution >= 0.6 is 22.6 Å². The topological polar surface area (TPSA) is 68.4 Å². The fourth-order valence-corrected chi connectivity index (χ4v) is 2.38. The molecule has 0 saturated heterocycles. The van der Waals surface area contributed by atoms with E-state index in [1.165, 1.54) is 0 Å². The van der Waals surface area contributed by atoms with Crippen molar-refractivity contribution in [1.82, 2.24) is 10.1 Å². The van der Waals surface area contributed by atoms with Gasteiger partial charge >= 0.3 is 0 Å². The lowest BCUT2D eigenvalue weighted by Crippen LogP contribution is -2.12. The molecule has 0 fully saturated rings. The minimum absolute atomic E-state index is 0.123. The van der Waals surface area contributed by atoms with E-state index < -0.39 is 0 Å². The van der Waals surface area contributed by atoms with Crippen molar-refractivity contribution < 1.29 is 14.4 Å². The standard InChI is InChI=1S/C14H17IN2O3/c1-4-19-12(8(2)3)13-16-14(20-17-13)10-7-9(15)5-6-11(10)18/h5-8,12,18H,4H2,1-3H3. The fraction of sp³-hybridized carbons (Fsp3) is 0.429. The van der Waals surface area contributed by atoms with Crippen molar-refractivity contribution in [2.24, 2.45) is 5.92 Å². The molecule has 0 bridgehead atoms. The molecule has 1 aromatic heterocycles. The van der Waals surface area contributed by atoms with Crippen LogP contribution in [0.1, 0.15) is 32.7 Å². The summed E-state index contributed by atoms with van der Waals surface area (Å²) in [4.78, 5) is 4.36. The maximum Gasteiger partial charge on any atom is 0.261 e. The fourth-order valence-electron chi connectivity index (χ4n) is 1.88. The second-order valence-electron chi connectivity index (χ2n) is 4.74. The number of aromatic nitrogens is 2. The number of hydrogen-bond acceptors (Lipinski definition) is 5. The van der Waals surface area contributed by atoms with E-state index in [-0.39, 0.29) is 17.8 Å². The highest BCUT2D eigenvalue weighted by Crippen LogP contribution is 2.31. The Morgan fingerprint density at radius 3 is 2.80 bits per heavy atom. The van der Waals surface area contributed by atoms with Crippen LogP contribution in [0, 0.1) is 9.49 Å². The number of phenolic OH excluding ortho intramolecular Hbond substituents is 1. The van der Waals surface area contributed by atoms with Gasteiger partial charge in [0.2, 0.25) is 5.82 Å². The van der Waals surface area contributed by atoms with Gasteiger partial charge in [-0.05, 0) is 53.6 Å². The molecule has 1 heterocycles. The molecular formula is C14H17IN2O3. The molecule has 1 N–H and O–H groups in total. The third-order valence-electron chi connectivity index (χ3n) is 2.84. The molecule has 108 valence electrons. The van der Waals surface area contributed by atoms with Crippen molar-refractivity contribution in [3.05, 3.63) is 27.6 Å². The van der Waals surface area contributed by atoms with Crippen molar-refractivity contribution in [2.75, 3.05) is 6.61 Å². The number of rotatable bonds is 5. The van der Waals surface area contributed by atoms with Crippen molar-refractivity contribution in [3.8, 4) is 17.2 Å². The average Bonchev–Trinajstić information content (AvgIpc) is 2.87. The molecular weight excluding hydrogens is 371 g/mol. The van der Waals surface area contributed by atoms with Crippen molar-refractivity contribution >= 4 is 22.6 Å². The first-order valence-corrected chi connectivity index (χ1v) is 7.55. The molecule has 1 unspecified atom stereocenters. The van der Waals surface area contributed by atoms with E-state index >= 15 is 0 Å². The Morgan fingerprint density at radius 1 is 1.40 bits per heavy atom. The van der Waals surface area contributed by atoms with Crippen LogP contribution in [-0.2, 0) is 4.74 Å². The molecule has 2 aromatic rings. The van der Waals surface area contributed by atoms with Gasteiger partial charge in [-0.2, -0.15) is 4.98 Å². The van der Waals surface area contributed by atoms with E-state index in [9.17, 15) is 5.11 Å². The molecule has 0 aliphatic carbocycles. The van der Waals surface area contributed by atoms with Gasteiger partial charge in [-0.25, -0.2) is 0 Å².